The molecular weight excluding hydrogens is 355 g/mol. The number of aromatic carboxylic acids is 1. The molecule has 0 saturated heterocycles. The predicted molar refractivity (Wildman–Crippen MR) is 81.8 cm³/mol. The van der Waals surface area contributed by atoms with Gasteiger partial charge in [-0.2, -0.15) is 0 Å². The quantitative estimate of drug-likeness (QED) is 0.821. The summed E-state index contributed by atoms with van der Waals surface area (Å²) >= 11 is 2.09. The van der Waals surface area contributed by atoms with Crippen molar-refractivity contribution in [2.75, 3.05) is 6.61 Å². The second-order valence-electron chi connectivity index (χ2n) is 4.03. The Morgan fingerprint density at radius 1 is 1.16 bits per heavy atom. The Balaban J connectivity index is 1.95. The molecule has 3 nitrogen and oxygen atoms in total. The van der Waals surface area contributed by atoms with Gasteiger partial charge in [0, 0.05) is 6.42 Å². The molecule has 0 heterocycles. The maximum atomic E-state index is 10.8. The molecule has 0 amide bonds. The van der Waals surface area contributed by atoms with E-state index < -0.39 is 5.97 Å². The fourth-order valence-corrected chi connectivity index (χ4v) is 2.35. The third-order valence-corrected chi connectivity index (χ3v) is 3.51. The summed E-state index contributed by atoms with van der Waals surface area (Å²) < 4.78 is 6.49. The molecular formula is C15H13IO3. The van der Waals surface area contributed by atoms with Crippen molar-refractivity contribution in [2.24, 2.45) is 0 Å². The summed E-state index contributed by atoms with van der Waals surface area (Å²) in [7, 11) is 0. The number of halogens is 1. The lowest BCUT2D eigenvalue weighted by molar-refractivity contribution is 0.0697. The van der Waals surface area contributed by atoms with Crippen LogP contribution >= 0.6 is 22.6 Å². The van der Waals surface area contributed by atoms with Crippen LogP contribution in [0, 0.1) is 3.57 Å². The largest absolute Gasteiger partial charge is 0.492 e. The van der Waals surface area contributed by atoms with Gasteiger partial charge in [-0.05, 0) is 46.4 Å². The van der Waals surface area contributed by atoms with Crippen LogP contribution in [0.15, 0.2) is 48.5 Å². The zero-order valence-corrected chi connectivity index (χ0v) is 12.3. The van der Waals surface area contributed by atoms with Crippen LogP contribution in [-0.4, -0.2) is 17.7 Å². The summed E-state index contributed by atoms with van der Waals surface area (Å²) in [5.41, 5.74) is 1.50. The third kappa shape index (κ3) is 3.96. The van der Waals surface area contributed by atoms with E-state index in [9.17, 15) is 4.79 Å². The van der Waals surface area contributed by atoms with Crippen LogP contribution in [0.2, 0.25) is 0 Å². The molecule has 98 valence electrons. The van der Waals surface area contributed by atoms with Gasteiger partial charge in [0.25, 0.3) is 0 Å². The fraction of sp³-hybridized carbons (Fsp3) is 0.133. The molecule has 0 bridgehead atoms. The molecule has 0 unspecified atom stereocenters. The number of ether oxygens (including phenoxy) is 1. The Labute approximate surface area is 125 Å². The average molecular weight is 368 g/mol. The van der Waals surface area contributed by atoms with Crippen molar-refractivity contribution in [3.05, 3.63) is 63.2 Å². The Morgan fingerprint density at radius 3 is 2.53 bits per heavy atom. The summed E-state index contributed by atoms with van der Waals surface area (Å²) in [6.45, 7) is 0.576. The topological polar surface area (TPSA) is 46.5 Å². The maximum absolute atomic E-state index is 10.8. The van der Waals surface area contributed by atoms with Gasteiger partial charge in [-0.3, -0.25) is 0 Å². The number of rotatable bonds is 5. The van der Waals surface area contributed by atoms with E-state index in [-0.39, 0.29) is 5.56 Å². The van der Waals surface area contributed by atoms with Crippen LogP contribution < -0.4 is 4.74 Å². The van der Waals surface area contributed by atoms with Crippen LogP contribution in [-0.2, 0) is 6.42 Å². The number of carboxylic acids is 1. The molecule has 0 aliphatic heterocycles. The Morgan fingerprint density at radius 2 is 1.89 bits per heavy atom. The van der Waals surface area contributed by atoms with Crippen molar-refractivity contribution in [1.82, 2.24) is 0 Å². The number of hydrogen-bond acceptors (Lipinski definition) is 2. The highest BCUT2D eigenvalue weighted by molar-refractivity contribution is 14.1. The van der Waals surface area contributed by atoms with Crippen LogP contribution in [0.5, 0.6) is 5.75 Å². The molecule has 0 aliphatic carbocycles. The molecule has 0 aromatic heterocycles. The highest BCUT2D eigenvalue weighted by atomic mass is 127. The Kier molecular flexibility index (Phi) is 4.79. The van der Waals surface area contributed by atoms with Gasteiger partial charge in [0.2, 0.25) is 0 Å². The van der Waals surface area contributed by atoms with E-state index in [4.69, 9.17) is 9.84 Å². The van der Waals surface area contributed by atoms with E-state index in [0.29, 0.717) is 6.61 Å². The normalized spacial score (nSPS) is 10.2. The van der Waals surface area contributed by atoms with Crippen molar-refractivity contribution in [3.63, 3.8) is 0 Å². The smallest absolute Gasteiger partial charge is 0.335 e. The molecule has 0 spiro atoms. The minimum Gasteiger partial charge on any atom is -0.492 e. The fourth-order valence-electron chi connectivity index (χ4n) is 1.67. The minimum atomic E-state index is -0.922. The lowest BCUT2D eigenvalue weighted by Gasteiger charge is -2.08. The van der Waals surface area contributed by atoms with Gasteiger partial charge in [0.15, 0.2) is 0 Å². The molecule has 2 aromatic carbocycles. The molecule has 0 fully saturated rings. The maximum Gasteiger partial charge on any atom is 0.335 e. The average Bonchev–Trinajstić information content (AvgIpc) is 2.41. The number of hydrogen-bond donors (Lipinski definition) is 1. The van der Waals surface area contributed by atoms with E-state index in [2.05, 4.69) is 34.7 Å². The molecule has 0 saturated carbocycles. The molecule has 2 rings (SSSR count). The molecule has 0 radical (unpaired) electrons. The number of carboxylic acid groups (broad SMARTS) is 1. The first kappa shape index (κ1) is 13.9. The van der Waals surface area contributed by atoms with Crippen LogP contribution in [0.25, 0.3) is 0 Å². The van der Waals surface area contributed by atoms with Crippen molar-refractivity contribution in [1.29, 1.82) is 0 Å². The van der Waals surface area contributed by atoms with Crippen molar-refractivity contribution in [3.8, 4) is 5.75 Å². The summed E-state index contributed by atoms with van der Waals surface area (Å²) in [6, 6.07) is 15.0. The summed E-state index contributed by atoms with van der Waals surface area (Å²) in [5, 5.41) is 8.88. The van der Waals surface area contributed by atoms with E-state index in [1.54, 1.807) is 18.2 Å². The summed E-state index contributed by atoms with van der Waals surface area (Å²) in [4.78, 5) is 10.8. The van der Waals surface area contributed by atoms with E-state index in [1.165, 1.54) is 5.56 Å². The number of carbonyl (C=O) groups is 1. The van der Waals surface area contributed by atoms with Crippen molar-refractivity contribution < 1.29 is 14.6 Å². The Bertz CT molecular complexity index is 567. The standard InChI is InChI=1S/C15H13IO3/c16-13-10-12(15(17)18)6-7-14(13)19-9-8-11-4-2-1-3-5-11/h1-7,10H,8-9H2,(H,17,18). The molecule has 0 aliphatic rings. The van der Waals surface area contributed by atoms with Gasteiger partial charge in [-0.25, -0.2) is 4.79 Å². The first-order valence-corrected chi connectivity index (χ1v) is 6.94. The van der Waals surface area contributed by atoms with E-state index in [1.807, 2.05) is 18.2 Å². The number of benzene rings is 2. The molecule has 1 N–H and O–H groups in total. The molecule has 2 aromatic rings. The van der Waals surface area contributed by atoms with Gasteiger partial charge < -0.3 is 9.84 Å². The minimum absolute atomic E-state index is 0.278. The highest BCUT2D eigenvalue weighted by Gasteiger charge is 2.07. The summed E-state index contributed by atoms with van der Waals surface area (Å²) in [5.74, 6) is -0.199. The first-order chi connectivity index (χ1) is 9.16. The van der Waals surface area contributed by atoms with Gasteiger partial charge in [0.05, 0.1) is 15.7 Å². The lowest BCUT2D eigenvalue weighted by Crippen LogP contribution is -2.03. The summed E-state index contributed by atoms with van der Waals surface area (Å²) in [6.07, 6.45) is 0.831. The monoisotopic (exact) mass is 368 g/mol. The van der Waals surface area contributed by atoms with Crippen molar-refractivity contribution >= 4 is 28.6 Å². The lowest BCUT2D eigenvalue weighted by atomic mass is 10.2. The van der Waals surface area contributed by atoms with Gasteiger partial charge in [-0.1, -0.05) is 30.3 Å². The van der Waals surface area contributed by atoms with E-state index in [0.717, 1.165) is 15.7 Å². The zero-order chi connectivity index (χ0) is 13.7. The Hall–Kier alpha value is -1.56. The molecule has 4 heteroatoms. The van der Waals surface area contributed by atoms with Crippen LogP contribution in [0.4, 0.5) is 0 Å². The molecule has 0 atom stereocenters. The second-order valence-corrected chi connectivity index (χ2v) is 5.20. The predicted octanol–water partition coefficient (Wildman–Crippen LogP) is 3.61. The molecule has 19 heavy (non-hydrogen) atoms. The van der Waals surface area contributed by atoms with Crippen LogP contribution in [0.1, 0.15) is 15.9 Å². The van der Waals surface area contributed by atoms with Gasteiger partial charge in [-0.15, -0.1) is 0 Å². The van der Waals surface area contributed by atoms with E-state index >= 15 is 0 Å². The zero-order valence-electron chi connectivity index (χ0n) is 10.2. The first-order valence-electron chi connectivity index (χ1n) is 5.86. The highest BCUT2D eigenvalue weighted by Crippen LogP contribution is 2.22. The van der Waals surface area contributed by atoms with Gasteiger partial charge >= 0.3 is 5.97 Å². The van der Waals surface area contributed by atoms with Gasteiger partial charge in [0.1, 0.15) is 5.75 Å². The third-order valence-electron chi connectivity index (χ3n) is 2.67. The van der Waals surface area contributed by atoms with Crippen LogP contribution in [0.3, 0.4) is 0 Å². The SMILES string of the molecule is O=C(O)c1ccc(OCCc2ccccc2)c(I)c1. The second kappa shape index (κ2) is 6.56. The van der Waals surface area contributed by atoms with Crippen molar-refractivity contribution in [2.45, 2.75) is 6.42 Å².